The molecule has 110 valence electrons. The zero-order valence-corrected chi connectivity index (χ0v) is 11.9. The highest BCUT2D eigenvalue weighted by Gasteiger charge is 2.07. The normalized spacial score (nSPS) is 10.2. The van der Waals surface area contributed by atoms with Crippen LogP contribution in [0.15, 0.2) is 36.4 Å². The van der Waals surface area contributed by atoms with Gasteiger partial charge in [0, 0.05) is 23.9 Å². The van der Waals surface area contributed by atoms with Gasteiger partial charge in [-0.3, -0.25) is 0 Å². The molecule has 0 unspecified atom stereocenters. The fourth-order valence-corrected chi connectivity index (χ4v) is 1.96. The van der Waals surface area contributed by atoms with E-state index in [0.717, 1.165) is 11.3 Å². The van der Waals surface area contributed by atoms with Crippen molar-refractivity contribution in [2.45, 2.75) is 13.5 Å². The first-order chi connectivity index (χ1) is 10.0. The summed E-state index contributed by atoms with van der Waals surface area (Å²) in [6.07, 6.45) is 0. The monoisotopic (exact) mass is 287 g/mol. The number of aryl methyl sites for hydroxylation is 1. The van der Waals surface area contributed by atoms with Crippen LogP contribution in [0.5, 0.6) is 11.5 Å². The molecule has 21 heavy (non-hydrogen) atoms. The number of hydrogen-bond donors (Lipinski definition) is 3. The van der Waals surface area contributed by atoms with Crippen LogP contribution in [-0.4, -0.2) is 23.3 Å². The second-order valence-corrected chi connectivity index (χ2v) is 4.68. The van der Waals surface area contributed by atoms with Crippen LogP contribution in [0.25, 0.3) is 0 Å². The van der Waals surface area contributed by atoms with Gasteiger partial charge in [-0.25, -0.2) is 4.79 Å². The van der Waals surface area contributed by atoms with Gasteiger partial charge in [0.25, 0.3) is 0 Å². The van der Waals surface area contributed by atoms with E-state index in [1.54, 1.807) is 30.3 Å². The van der Waals surface area contributed by atoms with Gasteiger partial charge in [-0.1, -0.05) is 6.07 Å². The van der Waals surface area contributed by atoms with Crippen molar-refractivity contribution in [3.05, 3.63) is 53.1 Å². The van der Waals surface area contributed by atoms with Gasteiger partial charge in [0.2, 0.25) is 0 Å². The third-order valence-corrected chi connectivity index (χ3v) is 3.25. The number of nitrogens with one attached hydrogen (secondary N) is 1. The Labute approximate surface area is 122 Å². The van der Waals surface area contributed by atoms with Crippen molar-refractivity contribution in [1.82, 2.24) is 0 Å². The Morgan fingerprint density at radius 1 is 1.24 bits per heavy atom. The van der Waals surface area contributed by atoms with Gasteiger partial charge in [-0.2, -0.15) is 0 Å². The van der Waals surface area contributed by atoms with Crippen molar-refractivity contribution >= 4 is 11.7 Å². The number of carbonyl (C=O) groups is 1. The summed E-state index contributed by atoms with van der Waals surface area (Å²) in [4.78, 5) is 11.0. The van der Waals surface area contributed by atoms with Gasteiger partial charge in [0.05, 0.1) is 12.7 Å². The Kier molecular flexibility index (Phi) is 4.33. The molecule has 0 atom stereocenters. The molecule has 0 radical (unpaired) electrons. The van der Waals surface area contributed by atoms with Crippen molar-refractivity contribution in [1.29, 1.82) is 0 Å². The van der Waals surface area contributed by atoms with Crippen LogP contribution in [0.2, 0.25) is 0 Å². The predicted octanol–water partition coefficient (Wildman–Crippen LogP) is 3.02. The number of phenolic OH excluding ortho intramolecular Hbond substituents is 1. The molecule has 5 heteroatoms. The Morgan fingerprint density at radius 2 is 2.00 bits per heavy atom. The molecule has 0 fully saturated rings. The zero-order chi connectivity index (χ0) is 15.4. The molecule has 0 saturated carbocycles. The Balaban J connectivity index is 2.16. The van der Waals surface area contributed by atoms with Gasteiger partial charge in [0.1, 0.15) is 11.5 Å². The SMILES string of the molecule is COc1ccc(CNc2cc(C(=O)O)ccc2C)c(O)c1. The minimum absolute atomic E-state index is 0.133. The Morgan fingerprint density at radius 3 is 2.62 bits per heavy atom. The van der Waals surface area contributed by atoms with E-state index in [4.69, 9.17) is 9.84 Å². The molecule has 0 spiro atoms. The summed E-state index contributed by atoms with van der Waals surface area (Å²) in [6, 6.07) is 9.96. The molecule has 2 rings (SSSR count). The fraction of sp³-hybridized carbons (Fsp3) is 0.188. The summed E-state index contributed by atoms with van der Waals surface area (Å²) < 4.78 is 5.03. The molecular formula is C16H17NO4. The quantitative estimate of drug-likeness (QED) is 0.787. The first-order valence-corrected chi connectivity index (χ1v) is 6.45. The maximum Gasteiger partial charge on any atom is 0.335 e. The summed E-state index contributed by atoms with van der Waals surface area (Å²) in [6.45, 7) is 2.28. The molecule has 0 saturated heterocycles. The number of ether oxygens (including phenoxy) is 1. The third kappa shape index (κ3) is 3.45. The number of phenols is 1. The average molecular weight is 287 g/mol. The number of aromatic carboxylic acids is 1. The molecule has 3 N–H and O–H groups in total. The highest BCUT2D eigenvalue weighted by molar-refractivity contribution is 5.89. The third-order valence-electron chi connectivity index (χ3n) is 3.25. The number of benzene rings is 2. The van der Waals surface area contributed by atoms with Crippen molar-refractivity contribution in [2.24, 2.45) is 0 Å². The van der Waals surface area contributed by atoms with Crippen LogP contribution in [0.4, 0.5) is 5.69 Å². The van der Waals surface area contributed by atoms with Crippen LogP contribution < -0.4 is 10.1 Å². The predicted molar refractivity (Wildman–Crippen MR) is 80.1 cm³/mol. The smallest absolute Gasteiger partial charge is 0.335 e. The lowest BCUT2D eigenvalue weighted by molar-refractivity contribution is 0.0697. The molecule has 0 aliphatic rings. The van der Waals surface area contributed by atoms with Crippen LogP contribution in [0.1, 0.15) is 21.5 Å². The van der Waals surface area contributed by atoms with E-state index in [-0.39, 0.29) is 11.3 Å². The lowest BCUT2D eigenvalue weighted by atomic mass is 10.1. The maximum atomic E-state index is 11.0. The average Bonchev–Trinajstić information content (AvgIpc) is 2.47. The standard InChI is InChI=1S/C16H17NO4/c1-10-3-4-11(16(19)20)7-14(10)17-9-12-5-6-13(21-2)8-15(12)18/h3-8,17-18H,9H2,1-2H3,(H,19,20). The van der Waals surface area contributed by atoms with Gasteiger partial charge >= 0.3 is 5.97 Å². The summed E-state index contributed by atoms with van der Waals surface area (Å²) in [5, 5.41) is 22.0. The Hall–Kier alpha value is -2.69. The van der Waals surface area contributed by atoms with Gasteiger partial charge in [-0.05, 0) is 36.8 Å². The van der Waals surface area contributed by atoms with Crippen molar-refractivity contribution in [3.63, 3.8) is 0 Å². The lowest BCUT2D eigenvalue weighted by Crippen LogP contribution is -2.04. The topological polar surface area (TPSA) is 78.8 Å². The Bertz CT molecular complexity index is 667. The molecule has 2 aromatic rings. The number of hydrogen-bond acceptors (Lipinski definition) is 4. The van der Waals surface area contributed by atoms with Gasteiger partial charge in [-0.15, -0.1) is 0 Å². The fourth-order valence-electron chi connectivity index (χ4n) is 1.96. The highest BCUT2D eigenvalue weighted by Crippen LogP contribution is 2.25. The molecule has 0 amide bonds. The largest absolute Gasteiger partial charge is 0.507 e. The summed E-state index contributed by atoms with van der Waals surface area (Å²) in [5.74, 6) is -0.250. The highest BCUT2D eigenvalue weighted by atomic mass is 16.5. The van der Waals surface area contributed by atoms with Crippen LogP contribution in [-0.2, 0) is 6.54 Å². The first kappa shape index (κ1) is 14.7. The maximum absolute atomic E-state index is 11.0. The molecule has 0 aliphatic heterocycles. The molecule has 2 aromatic carbocycles. The minimum Gasteiger partial charge on any atom is -0.507 e. The second kappa shape index (κ2) is 6.17. The van der Waals surface area contributed by atoms with Crippen LogP contribution >= 0.6 is 0 Å². The summed E-state index contributed by atoms with van der Waals surface area (Å²) in [5.41, 5.74) is 2.59. The van der Waals surface area contributed by atoms with Crippen molar-refractivity contribution in [3.8, 4) is 11.5 Å². The van der Waals surface area contributed by atoms with E-state index in [1.807, 2.05) is 6.92 Å². The van der Waals surface area contributed by atoms with Crippen LogP contribution in [0.3, 0.4) is 0 Å². The number of carboxylic acids is 1. The molecular weight excluding hydrogens is 270 g/mol. The van der Waals surface area contributed by atoms with E-state index in [0.29, 0.717) is 17.9 Å². The lowest BCUT2D eigenvalue weighted by Gasteiger charge is -2.12. The molecule has 0 heterocycles. The van der Waals surface area contributed by atoms with Crippen LogP contribution in [0, 0.1) is 6.92 Å². The van der Waals surface area contributed by atoms with E-state index < -0.39 is 5.97 Å². The summed E-state index contributed by atoms with van der Waals surface area (Å²) in [7, 11) is 1.54. The van der Waals surface area contributed by atoms with E-state index in [2.05, 4.69) is 5.32 Å². The van der Waals surface area contributed by atoms with Gasteiger partial charge < -0.3 is 20.3 Å². The summed E-state index contributed by atoms with van der Waals surface area (Å²) >= 11 is 0. The van der Waals surface area contributed by atoms with Gasteiger partial charge in [0.15, 0.2) is 0 Å². The zero-order valence-electron chi connectivity index (χ0n) is 11.9. The van der Waals surface area contributed by atoms with E-state index >= 15 is 0 Å². The van der Waals surface area contributed by atoms with Crippen molar-refractivity contribution < 1.29 is 19.7 Å². The molecule has 0 aromatic heterocycles. The second-order valence-electron chi connectivity index (χ2n) is 4.68. The minimum atomic E-state index is -0.967. The molecule has 0 bridgehead atoms. The number of anilines is 1. The molecule has 0 aliphatic carbocycles. The number of carboxylic acid groups (broad SMARTS) is 1. The number of rotatable bonds is 5. The first-order valence-electron chi connectivity index (χ1n) is 6.45. The van der Waals surface area contributed by atoms with Crippen molar-refractivity contribution in [2.75, 3.05) is 12.4 Å². The molecule has 5 nitrogen and oxygen atoms in total. The van der Waals surface area contributed by atoms with E-state index in [9.17, 15) is 9.90 Å². The number of aromatic hydroxyl groups is 1. The number of methoxy groups -OCH3 is 1. The van der Waals surface area contributed by atoms with E-state index in [1.165, 1.54) is 13.2 Å².